The molecule has 2 saturated carbocycles. The van der Waals surface area contributed by atoms with Crippen LogP contribution in [0.4, 0.5) is 10.1 Å². The summed E-state index contributed by atoms with van der Waals surface area (Å²) >= 11 is 0. The molecule has 0 aromatic heterocycles. The van der Waals surface area contributed by atoms with Crippen molar-refractivity contribution in [1.29, 1.82) is 0 Å². The summed E-state index contributed by atoms with van der Waals surface area (Å²) in [5, 5.41) is 3.39. The molecule has 3 nitrogen and oxygen atoms in total. The Hall–Kier alpha value is -1.29. The van der Waals surface area contributed by atoms with Crippen molar-refractivity contribution in [1.82, 2.24) is 5.32 Å². The van der Waals surface area contributed by atoms with Crippen LogP contribution in [0.3, 0.4) is 0 Å². The lowest BCUT2D eigenvalue weighted by atomic mass is 9.89. The number of nitrogens with one attached hydrogen (secondary N) is 1. The van der Waals surface area contributed by atoms with Crippen LogP contribution >= 0.6 is 0 Å². The van der Waals surface area contributed by atoms with Gasteiger partial charge < -0.3 is 15.0 Å². The Morgan fingerprint density at radius 3 is 2.24 bits per heavy atom. The van der Waals surface area contributed by atoms with E-state index in [4.69, 9.17) is 4.74 Å². The Labute approximate surface area is 126 Å². The van der Waals surface area contributed by atoms with Gasteiger partial charge in [0, 0.05) is 24.2 Å². The lowest BCUT2D eigenvalue weighted by Crippen LogP contribution is -2.43. The minimum Gasteiger partial charge on any atom is -0.494 e. The summed E-state index contributed by atoms with van der Waals surface area (Å²) < 4.78 is 18.9. The standard InChI is InChI=1S/C17H25FN2O/c1-19-13-4-6-14(7-5-13)20(15-8-9-15)16-10-3-12(18)11-17(16)21-2/h3,10-11,13-15,19H,4-9H2,1-2H3/t13-,14+. The zero-order valence-corrected chi connectivity index (χ0v) is 12.9. The van der Waals surface area contributed by atoms with E-state index in [-0.39, 0.29) is 5.82 Å². The van der Waals surface area contributed by atoms with E-state index >= 15 is 0 Å². The molecule has 116 valence electrons. The lowest BCUT2D eigenvalue weighted by Gasteiger charge is -2.39. The molecule has 0 aliphatic heterocycles. The smallest absolute Gasteiger partial charge is 0.145 e. The molecular weight excluding hydrogens is 267 g/mol. The maximum atomic E-state index is 13.4. The molecule has 2 aliphatic carbocycles. The second-order valence-corrected chi connectivity index (χ2v) is 6.25. The van der Waals surface area contributed by atoms with E-state index in [1.54, 1.807) is 13.2 Å². The van der Waals surface area contributed by atoms with Crippen molar-refractivity contribution in [3.63, 3.8) is 0 Å². The highest BCUT2D eigenvalue weighted by molar-refractivity contribution is 5.61. The number of anilines is 1. The normalized spacial score (nSPS) is 25.7. The summed E-state index contributed by atoms with van der Waals surface area (Å²) in [6.45, 7) is 0. The SMILES string of the molecule is CN[C@H]1CC[C@@H](N(c2ccc(F)cc2OC)C2CC2)CC1. The van der Waals surface area contributed by atoms with Gasteiger partial charge in [-0.3, -0.25) is 0 Å². The van der Waals surface area contributed by atoms with Gasteiger partial charge >= 0.3 is 0 Å². The molecule has 0 radical (unpaired) electrons. The van der Waals surface area contributed by atoms with Crippen molar-refractivity contribution in [2.75, 3.05) is 19.1 Å². The number of nitrogens with zero attached hydrogens (tertiary/aromatic N) is 1. The third-order valence-corrected chi connectivity index (χ3v) is 4.86. The monoisotopic (exact) mass is 292 g/mol. The molecule has 4 heteroatoms. The van der Waals surface area contributed by atoms with Crippen molar-refractivity contribution in [3.8, 4) is 5.75 Å². The first-order chi connectivity index (χ1) is 10.2. The minimum absolute atomic E-state index is 0.231. The van der Waals surface area contributed by atoms with Crippen molar-refractivity contribution in [2.24, 2.45) is 0 Å². The van der Waals surface area contributed by atoms with Crippen molar-refractivity contribution in [3.05, 3.63) is 24.0 Å². The van der Waals surface area contributed by atoms with E-state index in [1.807, 2.05) is 13.1 Å². The molecule has 0 spiro atoms. The maximum absolute atomic E-state index is 13.4. The molecule has 2 aliphatic rings. The van der Waals surface area contributed by atoms with Gasteiger partial charge in [0.15, 0.2) is 0 Å². The first-order valence-corrected chi connectivity index (χ1v) is 8.02. The largest absolute Gasteiger partial charge is 0.494 e. The van der Waals surface area contributed by atoms with Crippen LogP contribution in [0.5, 0.6) is 5.75 Å². The molecule has 1 aromatic rings. The van der Waals surface area contributed by atoms with Gasteiger partial charge in [0.25, 0.3) is 0 Å². The van der Waals surface area contributed by atoms with Gasteiger partial charge in [0.2, 0.25) is 0 Å². The third-order valence-electron chi connectivity index (χ3n) is 4.86. The molecule has 0 heterocycles. The first-order valence-electron chi connectivity index (χ1n) is 8.02. The van der Waals surface area contributed by atoms with Crippen LogP contribution in [0.25, 0.3) is 0 Å². The number of halogens is 1. The van der Waals surface area contributed by atoms with Crippen LogP contribution < -0.4 is 15.0 Å². The highest BCUT2D eigenvalue weighted by Gasteiger charge is 2.37. The zero-order chi connectivity index (χ0) is 14.8. The fourth-order valence-corrected chi connectivity index (χ4v) is 3.55. The predicted octanol–water partition coefficient (Wildman–Crippen LogP) is 3.33. The Morgan fingerprint density at radius 2 is 1.71 bits per heavy atom. The quantitative estimate of drug-likeness (QED) is 0.901. The van der Waals surface area contributed by atoms with Gasteiger partial charge in [-0.1, -0.05) is 0 Å². The number of hydrogen-bond donors (Lipinski definition) is 1. The molecular formula is C17H25FN2O. The summed E-state index contributed by atoms with van der Waals surface area (Å²) in [5.41, 5.74) is 1.06. The minimum atomic E-state index is -0.231. The van der Waals surface area contributed by atoms with Crippen molar-refractivity contribution in [2.45, 2.75) is 56.7 Å². The van der Waals surface area contributed by atoms with Crippen LogP contribution in [0.2, 0.25) is 0 Å². The average Bonchev–Trinajstić information content (AvgIpc) is 3.34. The van der Waals surface area contributed by atoms with E-state index < -0.39 is 0 Å². The van der Waals surface area contributed by atoms with E-state index in [2.05, 4.69) is 10.2 Å². The molecule has 1 N–H and O–H groups in total. The second kappa shape index (κ2) is 6.22. The van der Waals surface area contributed by atoms with E-state index in [0.29, 0.717) is 23.9 Å². The number of benzene rings is 1. The van der Waals surface area contributed by atoms with Crippen LogP contribution in [0, 0.1) is 5.82 Å². The summed E-state index contributed by atoms with van der Waals surface area (Å²) in [5.74, 6) is 0.433. The second-order valence-electron chi connectivity index (χ2n) is 6.25. The summed E-state index contributed by atoms with van der Waals surface area (Å²) in [6, 6.07) is 6.76. The lowest BCUT2D eigenvalue weighted by molar-refractivity contribution is 0.339. The number of ether oxygens (including phenoxy) is 1. The molecule has 21 heavy (non-hydrogen) atoms. The van der Waals surface area contributed by atoms with Gasteiger partial charge in [-0.15, -0.1) is 0 Å². The molecule has 0 unspecified atom stereocenters. The Bertz CT molecular complexity index is 482. The Morgan fingerprint density at radius 1 is 1.10 bits per heavy atom. The molecule has 0 saturated heterocycles. The molecule has 2 fully saturated rings. The van der Waals surface area contributed by atoms with Crippen molar-refractivity contribution >= 4 is 5.69 Å². The Kier molecular flexibility index (Phi) is 4.34. The summed E-state index contributed by atoms with van der Waals surface area (Å²) in [7, 11) is 3.67. The zero-order valence-electron chi connectivity index (χ0n) is 12.9. The number of methoxy groups -OCH3 is 1. The van der Waals surface area contributed by atoms with Gasteiger partial charge in [-0.2, -0.15) is 0 Å². The van der Waals surface area contributed by atoms with Crippen LogP contribution in [0.15, 0.2) is 18.2 Å². The van der Waals surface area contributed by atoms with Gasteiger partial charge in [0.1, 0.15) is 11.6 Å². The fraction of sp³-hybridized carbons (Fsp3) is 0.647. The average molecular weight is 292 g/mol. The van der Waals surface area contributed by atoms with Crippen LogP contribution in [-0.4, -0.2) is 32.3 Å². The molecule has 1 aromatic carbocycles. The molecule has 0 atom stereocenters. The molecule has 0 amide bonds. The highest BCUT2D eigenvalue weighted by Crippen LogP contribution is 2.41. The fourth-order valence-electron chi connectivity index (χ4n) is 3.55. The van der Waals surface area contributed by atoms with Gasteiger partial charge in [0.05, 0.1) is 12.8 Å². The van der Waals surface area contributed by atoms with Gasteiger partial charge in [-0.05, 0) is 57.7 Å². The number of rotatable bonds is 5. The van der Waals surface area contributed by atoms with Crippen molar-refractivity contribution < 1.29 is 9.13 Å². The van der Waals surface area contributed by atoms with Crippen LogP contribution in [0.1, 0.15) is 38.5 Å². The van der Waals surface area contributed by atoms with E-state index in [0.717, 1.165) is 5.69 Å². The first kappa shape index (κ1) is 14.6. The maximum Gasteiger partial charge on any atom is 0.145 e. The van der Waals surface area contributed by atoms with Gasteiger partial charge in [-0.25, -0.2) is 4.39 Å². The van der Waals surface area contributed by atoms with E-state index in [9.17, 15) is 4.39 Å². The molecule has 0 bridgehead atoms. The van der Waals surface area contributed by atoms with E-state index in [1.165, 1.54) is 44.6 Å². The molecule has 3 rings (SSSR count). The number of hydrogen-bond acceptors (Lipinski definition) is 3. The van der Waals surface area contributed by atoms with Crippen LogP contribution in [-0.2, 0) is 0 Å². The summed E-state index contributed by atoms with van der Waals surface area (Å²) in [6.07, 6.45) is 7.31. The topological polar surface area (TPSA) is 24.5 Å². The summed E-state index contributed by atoms with van der Waals surface area (Å²) in [4.78, 5) is 2.50. The predicted molar refractivity (Wildman–Crippen MR) is 83.6 cm³/mol. The Balaban J connectivity index is 1.82. The highest BCUT2D eigenvalue weighted by atomic mass is 19.1. The third kappa shape index (κ3) is 3.15.